The molecule has 0 aliphatic rings. The molecule has 2 aromatic carbocycles. The number of sulfonamides is 1. The quantitative estimate of drug-likeness (QED) is 0.712. The molecule has 3 N–H and O–H groups in total. The molecule has 2 rings (SSSR count). The Labute approximate surface area is 150 Å². The molecule has 0 atom stereocenters. The molecule has 0 aromatic heterocycles. The first-order valence-electron chi connectivity index (χ1n) is 7.14. The number of nitrogens with one attached hydrogen (secondary N) is 3. The van der Waals surface area contributed by atoms with Crippen molar-refractivity contribution in [2.45, 2.75) is 0 Å². The molecule has 0 radical (unpaired) electrons. The van der Waals surface area contributed by atoms with E-state index in [1.807, 2.05) is 0 Å². The van der Waals surface area contributed by atoms with E-state index >= 15 is 0 Å². The Morgan fingerprint density at radius 1 is 1.04 bits per heavy atom. The number of rotatable bonds is 6. The van der Waals surface area contributed by atoms with Crippen LogP contribution in [0.4, 0.5) is 11.4 Å². The number of amides is 2. The highest BCUT2D eigenvalue weighted by Gasteiger charge is 2.09. The summed E-state index contributed by atoms with van der Waals surface area (Å²) in [6.07, 6.45) is 1.05. The molecule has 0 saturated carbocycles. The molecule has 0 heterocycles. The lowest BCUT2D eigenvalue weighted by molar-refractivity contribution is -0.115. The molecule has 0 fully saturated rings. The van der Waals surface area contributed by atoms with Crippen molar-refractivity contribution in [1.82, 2.24) is 5.32 Å². The highest BCUT2D eigenvalue weighted by Crippen LogP contribution is 2.14. The number of halogens is 1. The molecule has 0 spiro atoms. The van der Waals surface area contributed by atoms with Gasteiger partial charge in [0.1, 0.15) is 0 Å². The lowest BCUT2D eigenvalue weighted by Crippen LogP contribution is -2.32. The normalized spacial score (nSPS) is 10.8. The van der Waals surface area contributed by atoms with Crippen LogP contribution < -0.4 is 15.4 Å². The van der Waals surface area contributed by atoms with E-state index in [9.17, 15) is 18.0 Å². The Kier molecular flexibility index (Phi) is 6.00. The van der Waals surface area contributed by atoms with Crippen LogP contribution in [0.25, 0.3) is 0 Å². The molecule has 9 heteroatoms. The Bertz CT molecular complexity index is 883. The average molecular weight is 382 g/mol. The SMILES string of the molecule is CS(=O)(=O)Nc1ccc(NC(=O)CNC(=O)c2cccc(Cl)c2)cc1. The molecular formula is C16H16ClN3O4S. The summed E-state index contributed by atoms with van der Waals surface area (Å²) in [5.41, 5.74) is 1.22. The van der Waals surface area contributed by atoms with Crippen LogP contribution in [-0.4, -0.2) is 33.0 Å². The first kappa shape index (κ1) is 18.8. The van der Waals surface area contributed by atoms with Gasteiger partial charge in [0, 0.05) is 22.0 Å². The van der Waals surface area contributed by atoms with Gasteiger partial charge in [0.15, 0.2) is 0 Å². The molecule has 2 aromatic rings. The van der Waals surface area contributed by atoms with E-state index in [2.05, 4.69) is 15.4 Å². The summed E-state index contributed by atoms with van der Waals surface area (Å²) in [5.74, 6) is -0.829. The van der Waals surface area contributed by atoms with E-state index in [0.717, 1.165) is 6.26 Å². The maximum absolute atomic E-state index is 11.9. The zero-order valence-electron chi connectivity index (χ0n) is 13.2. The lowest BCUT2D eigenvalue weighted by Gasteiger charge is -2.08. The van der Waals surface area contributed by atoms with Crippen molar-refractivity contribution in [3.63, 3.8) is 0 Å². The Morgan fingerprint density at radius 3 is 2.28 bits per heavy atom. The zero-order valence-corrected chi connectivity index (χ0v) is 14.8. The number of carbonyl (C=O) groups is 2. The second kappa shape index (κ2) is 8.00. The first-order valence-corrected chi connectivity index (χ1v) is 9.41. The molecule has 25 heavy (non-hydrogen) atoms. The standard InChI is InChI=1S/C16H16ClN3O4S/c1-25(23,24)20-14-7-5-13(6-8-14)19-15(21)10-18-16(22)11-3-2-4-12(17)9-11/h2-9,20H,10H2,1H3,(H,18,22)(H,19,21). The monoisotopic (exact) mass is 381 g/mol. The van der Waals surface area contributed by atoms with Crippen LogP contribution in [0.2, 0.25) is 5.02 Å². The van der Waals surface area contributed by atoms with Gasteiger partial charge in [-0.05, 0) is 42.5 Å². The fraction of sp³-hybridized carbons (Fsp3) is 0.125. The Morgan fingerprint density at radius 2 is 1.68 bits per heavy atom. The second-order valence-corrected chi connectivity index (χ2v) is 7.38. The van der Waals surface area contributed by atoms with Gasteiger partial charge in [-0.1, -0.05) is 17.7 Å². The van der Waals surface area contributed by atoms with Gasteiger partial charge in [-0.15, -0.1) is 0 Å². The van der Waals surface area contributed by atoms with E-state index in [0.29, 0.717) is 22.0 Å². The van der Waals surface area contributed by atoms with Gasteiger partial charge in [-0.2, -0.15) is 0 Å². The molecule has 2 amide bonds. The van der Waals surface area contributed by atoms with Crippen molar-refractivity contribution >= 4 is 44.8 Å². The Hall–Kier alpha value is -2.58. The molecule has 0 saturated heterocycles. The minimum atomic E-state index is -3.35. The first-order chi connectivity index (χ1) is 11.7. The molecule has 0 aliphatic heterocycles. The van der Waals surface area contributed by atoms with Crippen molar-refractivity contribution in [2.75, 3.05) is 22.8 Å². The summed E-state index contributed by atoms with van der Waals surface area (Å²) in [6.45, 7) is -0.214. The molecule has 0 aliphatic carbocycles. The average Bonchev–Trinajstić information content (AvgIpc) is 2.53. The van der Waals surface area contributed by atoms with Gasteiger partial charge in [-0.3, -0.25) is 14.3 Å². The smallest absolute Gasteiger partial charge is 0.251 e. The van der Waals surface area contributed by atoms with Crippen LogP contribution in [0.15, 0.2) is 48.5 Å². The fourth-order valence-electron chi connectivity index (χ4n) is 1.93. The van der Waals surface area contributed by atoms with Gasteiger partial charge in [0.2, 0.25) is 15.9 Å². The van der Waals surface area contributed by atoms with Gasteiger partial charge < -0.3 is 10.6 Å². The maximum Gasteiger partial charge on any atom is 0.251 e. The fourth-order valence-corrected chi connectivity index (χ4v) is 2.69. The van der Waals surface area contributed by atoms with Crippen LogP contribution in [0.3, 0.4) is 0 Å². The van der Waals surface area contributed by atoms with E-state index in [1.54, 1.807) is 30.3 Å². The van der Waals surface area contributed by atoms with Crippen LogP contribution >= 0.6 is 11.6 Å². The van der Waals surface area contributed by atoms with Gasteiger partial charge in [0.25, 0.3) is 5.91 Å². The molecule has 132 valence electrons. The Balaban J connectivity index is 1.87. The highest BCUT2D eigenvalue weighted by molar-refractivity contribution is 7.92. The van der Waals surface area contributed by atoms with Crippen LogP contribution in [0.5, 0.6) is 0 Å². The molecule has 0 bridgehead atoms. The van der Waals surface area contributed by atoms with Crippen molar-refractivity contribution in [3.05, 3.63) is 59.1 Å². The molecule has 0 unspecified atom stereocenters. The second-order valence-electron chi connectivity index (χ2n) is 5.19. The predicted molar refractivity (Wildman–Crippen MR) is 97.3 cm³/mol. The van der Waals surface area contributed by atoms with E-state index < -0.39 is 21.8 Å². The van der Waals surface area contributed by atoms with Crippen molar-refractivity contribution in [1.29, 1.82) is 0 Å². The van der Waals surface area contributed by atoms with Gasteiger partial charge >= 0.3 is 0 Å². The minimum absolute atomic E-state index is 0.214. The maximum atomic E-state index is 11.9. The molecular weight excluding hydrogens is 366 g/mol. The number of carbonyl (C=O) groups excluding carboxylic acids is 2. The van der Waals surface area contributed by atoms with Gasteiger partial charge in [-0.25, -0.2) is 8.42 Å². The third-order valence-corrected chi connectivity index (χ3v) is 3.81. The summed E-state index contributed by atoms with van der Waals surface area (Å²) in [6, 6.07) is 12.5. The van der Waals surface area contributed by atoms with Gasteiger partial charge in [0.05, 0.1) is 12.8 Å². The van der Waals surface area contributed by atoms with Crippen LogP contribution in [0, 0.1) is 0 Å². The van der Waals surface area contributed by atoms with Crippen molar-refractivity contribution in [3.8, 4) is 0 Å². The summed E-state index contributed by atoms with van der Waals surface area (Å²) in [5, 5.41) is 5.51. The predicted octanol–water partition coefficient (Wildman–Crippen LogP) is 2.08. The topological polar surface area (TPSA) is 104 Å². The number of hydrogen-bond acceptors (Lipinski definition) is 4. The van der Waals surface area contributed by atoms with Crippen molar-refractivity contribution in [2.24, 2.45) is 0 Å². The number of anilines is 2. The van der Waals surface area contributed by atoms with Crippen molar-refractivity contribution < 1.29 is 18.0 Å². The zero-order chi connectivity index (χ0) is 18.4. The van der Waals surface area contributed by atoms with E-state index in [4.69, 9.17) is 11.6 Å². The summed E-state index contributed by atoms with van der Waals surface area (Å²) >= 11 is 5.81. The third-order valence-electron chi connectivity index (χ3n) is 2.97. The third kappa shape index (κ3) is 6.44. The number of hydrogen-bond donors (Lipinski definition) is 3. The minimum Gasteiger partial charge on any atom is -0.343 e. The van der Waals surface area contributed by atoms with Crippen LogP contribution in [0.1, 0.15) is 10.4 Å². The van der Waals surface area contributed by atoms with Crippen LogP contribution in [-0.2, 0) is 14.8 Å². The summed E-state index contributed by atoms with van der Waals surface area (Å²) in [7, 11) is -3.35. The lowest BCUT2D eigenvalue weighted by atomic mass is 10.2. The van der Waals surface area contributed by atoms with E-state index in [-0.39, 0.29) is 6.54 Å². The number of benzene rings is 2. The van der Waals surface area contributed by atoms with E-state index in [1.165, 1.54) is 18.2 Å². The summed E-state index contributed by atoms with van der Waals surface area (Å²) < 4.78 is 24.6. The largest absolute Gasteiger partial charge is 0.343 e. The highest BCUT2D eigenvalue weighted by atomic mass is 35.5. The summed E-state index contributed by atoms with van der Waals surface area (Å²) in [4.78, 5) is 23.8. The molecule has 7 nitrogen and oxygen atoms in total.